The van der Waals surface area contributed by atoms with E-state index in [4.69, 9.17) is 23.7 Å². The smallest absolute Gasteiger partial charge is 0.323 e. The van der Waals surface area contributed by atoms with Gasteiger partial charge in [-0.3, -0.25) is 102 Å². The monoisotopic (exact) mass is 1580 g/mol. The number of aliphatic carboxylic acids is 1. The maximum absolute atomic E-state index is 13.4. The predicted molar refractivity (Wildman–Crippen MR) is 438 cm³/mol. The molecule has 4 aliphatic rings. The van der Waals surface area contributed by atoms with Gasteiger partial charge in [-0.1, -0.05) is 128 Å². The van der Waals surface area contributed by atoms with Crippen LogP contribution in [0.5, 0.6) is 0 Å². The van der Waals surface area contributed by atoms with E-state index in [-0.39, 0.29) is 90.4 Å². The molecular weight excluding hydrogens is 1500 g/mol. The van der Waals surface area contributed by atoms with E-state index < -0.39 is 84.3 Å². The van der Waals surface area contributed by atoms with Crippen LogP contribution in [0.25, 0.3) is 44.1 Å². The number of halogens is 1. The molecule has 2 unspecified atom stereocenters. The molecule has 4 aliphatic heterocycles. The van der Waals surface area contributed by atoms with Crippen molar-refractivity contribution in [2.45, 2.75) is 89.1 Å². The molecule has 0 aliphatic carbocycles. The number of carbonyl (C=O) groups is 14. The largest absolute Gasteiger partial charge is 0.480 e. The molecule has 0 bridgehead atoms. The highest BCUT2D eigenvalue weighted by Gasteiger charge is 2.48. The second-order valence-electron chi connectivity index (χ2n) is 28.0. The Kier molecular flexibility index (Phi) is 26.7. The Morgan fingerprint density at radius 1 is 0.504 bits per heavy atom. The van der Waals surface area contributed by atoms with Gasteiger partial charge in [-0.2, -0.15) is 0 Å². The highest BCUT2D eigenvalue weighted by Crippen LogP contribution is 2.39. The Morgan fingerprint density at radius 3 is 1.29 bits per heavy atom. The number of imide groups is 4. The van der Waals surface area contributed by atoms with Crippen molar-refractivity contribution in [2.75, 3.05) is 61.3 Å². The first kappa shape index (κ1) is 82.1. The number of rotatable bonds is 28. The summed E-state index contributed by atoms with van der Waals surface area (Å²) >= 11 is 0. The van der Waals surface area contributed by atoms with Crippen LogP contribution in [0.1, 0.15) is 161 Å². The average Bonchev–Trinajstić information content (AvgIpc) is 1.57. The lowest BCUT2D eigenvalue weighted by Gasteiger charge is -2.28. The van der Waals surface area contributed by atoms with Crippen molar-refractivity contribution in [3.63, 3.8) is 0 Å². The van der Waals surface area contributed by atoms with Crippen molar-refractivity contribution in [3.05, 3.63) is 239 Å². The summed E-state index contributed by atoms with van der Waals surface area (Å²) in [5.74, 6) is -6.92. The molecule has 0 radical (unpaired) electrons. The zero-order valence-electron chi connectivity index (χ0n) is 64.9. The lowest BCUT2D eigenvalue weighted by atomic mass is 9.98. The molecule has 8 aromatic carbocycles. The Morgan fingerprint density at radius 2 is 0.897 bits per heavy atom. The van der Waals surface area contributed by atoms with Gasteiger partial charge in [0.2, 0.25) is 23.6 Å². The number of piperidine rings is 2. The molecule has 6 heterocycles. The van der Waals surface area contributed by atoms with Gasteiger partial charge < -0.3 is 42.7 Å². The van der Waals surface area contributed by atoms with Crippen LogP contribution in [0.4, 0.5) is 38.5 Å². The van der Waals surface area contributed by atoms with E-state index in [1.165, 1.54) is 36.5 Å². The van der Waals surface area contributed by atoms with Crippen molar-refractivity contribution in [3.8, 4) is 22.3 Å². The summed E-state index contributed by atoms with van der Waals surface area (Å²) in [5.41, 5.74) is 27.9. The van der Waals surface area contributed by atoms with E-state index in [0.29, 0.717) is 83.6 Å². The van der Waals surface area contributed by atoms with E-state index >= 15 is 0 Å². The van der Waals surface area contributed by atoms with Crippen LogP contribution in [-0.4, -0.2) is 160 Å². The number of anilines is 6. The number of aromatic nitrogens is 2. The fraction of sp³-hybridized carbons (Fsp3) is 0.227. The number of ketones is 3. The minimum atomic E-state index is -1.08. The predicted octanol–water partition coefficient (Wildman–Crippen LogP) is 11.2. The summed E-state index contributed by atoms with van der Waals surface area (Å²) in [7, 11) is 2.17. The molecule has 117 heavy (non-hydrogen) atoms. The molecular formula is C88H84FN13O15. The topological polar surface area (TPSA) is 424 Å². The maximum atomic E-state index is 13.4. The summed E-state index contributed by atoms with van der Waals surface area (Å²) in [6.45, 7) is 0.261. The number of para-hydroxylation sites is 2. The Labute approximate surface area is 672 Å². The summed E-state index contributed by atoms with van der Waals surface area (Å²) in [6.07, 6.45) is 7.83. The number of carboxylic acid groups (broad SMARTS) is 1. The summed E-state index contributed by atoms with van der Waals surface area (Å²) < 4.78 is 15.5. The van der Waals surface area contributed by atoms with E-state index in [2.05, 4.69) is 31.2 Å². The van der Waals surface area contributed by atoms with Gasteiger partial charge in [0.15, 0.2) is 17.3 Å². The molecule has 28 nitrogen and oxygen atoms in total. The van der Waals surface area contributed by atoms with Gasteiger partial charge in [-0.15, -0.1) is 0 Å². The molecule has 10 aromatic rings. The highest BCUT2D eigenvalue weighted by molar-refractivity contribution is 6.27. The van der Waals surface area contributed by atoms with Crippen LogP contribution in [0.15, 0.2) is 194 Å². The third-order valence-corrected chi connectivity index (χ3v) is 20.2. The van der Waals surface area contributed by atoms with Crippen molar-refractivity contribution >= 4 is 138 Å². The molecule has 10 amide bonds. The van der Waals surface area contributed by atoms with E-state index in [0.717, 1.165) is 72.6 Å². The number of alkyl halides is 1. The number of pyridine rings is 2. The maximum Gasteiger partial charge on any atom is 0.323 e. The molecule has 14 rings (SSSR count). The summed E-state index contributed by atoms with van der Waals surface area (Å²) in [6, 6.07) is 52.9. The van der Waals surface area contributed by atoms with Gasteiger partial charge in [0, 0.05) is 91.9 Å². The molecule has 0 spiro atoms. The van der Waals surface area contributed by atoms with Gasteiger partial charge in [0.05, 0.1) is 82.2 Å². The third-order valence-electron chi connectivity index (χ3n) is 20.2. The normalized spacial score (nSPS) is 14.8. The Balaban J connectivity index is 0.000000188. The molecule has 2 atom stereocenters. The number of nitrogens with zero attached hydrogens (tertiary/aromatic N) is 6. The number of hydrogen-bond donors (Lipinski definition) is 8. The molecule has 598 valence electrons. The van der Waals surface area contributed by atoms with Gasteiger partial charge in [0.25, 0.3) is 35.4 Å². The number of likely N-dealkylation sites (N-methyl/N-ethyl adjacent to an activating group) is 2. The molecule has 11 N–H and O–H groups in total. The van der Waals surface area contributed by atoms with Crippen molar-refractivity contribution in [1.82, 2.24) is 30.4 Å². The first-order valence-corrected chi connectivity index (χ1v) is 37.6. The van der Waals surface area contributed by atoms with Crippen molar-refractivity contribution in [1.29, 1.82) is 0 Å². The Bertz CT molecular complexity index is 5600. The van der Waals surface area contributed by atoms with Crippen LogP contribution in [0, 0.1) is 0 Å². The lowest BCUT2D eigenvalue weighted by Crippen LogP contribution is -2.54. The zero-order chi connectivity index (χ0) is 84.4. The summed E-state index contributed by atoms with van der Waals surface area (Å²) in [5, 5.41) is 21.4. The van der Waals surface area contributed by atoms with Crippen LogP contribution >= 0.6 is 0 Å². The number of hydrogen-bond acceptors (Lipinski definition) is 21. The van der Waals surface area contributed by atoms with Crippen molar-refractivity contribution in [2.24, 2.45) is 17.2 Å². The van der Waals surface area contributed by atoms with Gasteiger partial charge in [-0.25, -0.2) is 0 Å². The summed E-state index contributed by atoms with van der Waals surface area (Å²) in [4.78, 5) is 187. The van der Waals surface area contributed by atoms with E-state index in [1.807, 2.05) is 133 Å². The number of nitrogens with one attached hydrogen (secondary N) is 4. The number of carboxylic acids is 1. The van der Waals surface area contributed by atoms with E-state index in [9.17, 15) is 71.5 Å². The second kappa shape index (κ2) is 38.0. The molecule has 0 saturated carbocycles. The lowest BCUT2D eigenvalue weighted by molar-refractivity contribution is -0.137. The molecule has 2 fully saturated rings. The SMILES string of the molecule is CN(CC(=O)CCCCCC(=O)c1ccc(-c2ccc3c(Nc4ccccc4)c(C(N)=O)cnc3c2)cc1)c1cccc2c1C(=O)N(C1CCC(=O)NC1=O)C2=O.CN(CC(=O)O)c1cccc2c1C(=O)N(C1CCC(=O)NC1=O)C2=O.NCCCCC(=O)c1ccc(-c2ccc3c(Nc4ccccc4)c(C(N)=O)cnc3c2)cc1.[2H]CF. The van der Waals surface area contributed by atoms with Gasteiger partial charge in [0.1, 0.15) is 18.6 Å². The Hall–Kier alpha value is -14.4. The van der Waals surface area contributed by atoms with Crippen LogP contribution < -0.4 is 48.3 Å². The number of benzene rings is 8. The number of nitrogens with two attached hydrogens (primary N) is 3. The van der Waals surface area contributed by atoms with Crippen molar-refractivity contribution < 1.29 is 78.0 Å². The van der Waals surface area contributed by atoms with Crippen LogP contribution in [-0.2, 0) is 28.8 Å². The quantitative estimate of drug-likeness (QED) is 0.0128. The number of primary amides is 2. The van der Waals surface area contributed by atoms with Gasteiger partial charge >= 0.3 is 5.97 Å². The number of fused-ring (bicyclic) bond motifs is 4. The van der Waals surface area contributed by atoms with E-state index in [1.54, 1.807) is 48.3 Å². The zero-order valence-corrected chi connectivity index (χ0v) is 63.9. The standard InChI is InChI=1S/C44H40N6O7.C27H26N4O2.C16H15N3O6.CH3F/c1-49(35-13-8-12-32-39(35)44(57)50(43(32)56)36-21-22-38(53)48-42(36)55)25-30(51)11-6-3-7-14-37(52)27-17-15-26(16-18-27)28-19-20-31-34(23-28)46-24-33(41(45)54)40(31)47-29-9-4-2-5-10-29;28-15-5-4-8-25(32)19-11-9-18(10-12-19)20-13-14-22-24(16-20)30-17-23(27(29)33)26(22)31-21-6-2-1-3-7-21;1-18(7-12(21)22)9-4-2-3-8-13(9)16(25)19(15(8)24)10-5-6-11(20)17-14(10)23;1-2/h2,4-5,8-10,12-13,15-20,23-24,36H,3,6-7,11,14,21-22,25H2,1H3,(H2,45,54)(H,46,47)(H,48,53,55);1-3,6-7,9-14,16-17H,4-5,8,15,28H2,(H2,29,33)(H,30,31);2-4,10H,5-7H2,1H3,(H,21,22)(H,17,20,23);1H3/i;;;1D. The van der Waals surface area contributed by atoms with Crippen LogP contribution in [0.3, 0.4) is 0 Å². The fourth-order valence-electron chi connectivity index (χ4n) is 14.3. The van der Waals surface area contributed by atoms with Gasteiger partial charge in [-0.05, 0) is 128 Å². The fourth-order valence-corrected chi connectivity index (χ4v) is 14.3. The number of carbonyl (C=O) groups excluding carboxylic acids is 13. The number of Topliss-reactive ketones (excluding diaryl/α,β-unsaturated/α-hetero) is 3. The average molecular weight is 1580 g/mol. The minimum Gasteiger partial charge on any atom is -0.480 e. The molecule has 2 saturated heterocycles. The van der Waals surface area contributed by atoms with Crippen LogP contribution in [0.2, 0.25) is 0 Å². The first-order chi connectivity index (χ1) is 56.8. The second-order valence-corrected chi connectivity index (χ2v) is 28.0. The minimum absolute atomic E-state index is 0.00638. The highest BCUT2D eigenvalue weighted by atomic mass is 19.1. The number of amides is 10. The molecule has 2 aromatic heterocycles. The molecule has 29 heteroatoms. The first-order valence-electron chi connectivity index (χ1n) is 38.3. The number of unbranched alkanes of at least 4 members (excludes halogenated alkanes) is 3. The third kappa shape index (κ3) is 19.3.